The predicted molar refractivity (Wildman–Crippen MR) is 112 cm³/mol. The Hall–Kier alpha value is -3.66. The largest absolute Gasteiger partial charge is 0.382 e. The third-order valence-corrected chi connectivity index (χ3v) is 4.69. The monoisotopic (exact) mass is 367 g/mol. The van der Waals surface area contributed by atoms with Gasteiger partial charge >= 0.3 is 0 Å². The summed E-state index contributed by atoms with van der Waals surface area (Å²) in [4.78, 5) is 18.5. The van der Waals surface area contributed by atoms with Gasteiger partial charge in [-0.2, -0.15) is 0 Å². The number of rotatable bonds is 6. The number of hydrogen-bond donors (Lipinski definition) is 1. The molecule has 4 heteroatoms. The Morgan fingerprint density at radius 2 is 1.64 bits per heavy atom. The maximum atomic E-state index is 12.0. The molecular weight excluding hydrogens is 346 g/mol. The number of pyridine rings is 1. The quantitative estimate of drug-likeness (QED) is 0.664. The zero-order chi connectivity index (χ0) is 19.2. The average molecular weight is 367 g/mol. The van der Waals surface area contributed by atoms with Crippen molar-refractivity contribution in [2.45, 2.75) is 12.6 Å². The van der Waals surface area contributed by atoms with E-state index in [-0.39, 0.29) is 0 Å². The first-order valence-corrected chi connectivity index (χ1v) is 9.26. The summed E-state index contributed by atoms with van der Waals surface area (Å²) in [5.41, 5.74) is 4.80. The molecule has 4 rings (SSSR count). The molecule has 0 bridgehead atoms. The fourth-order valence-corrected chi connectivity index (χ4v) is 3.27. The van der Waals surface area contributed by atoms with Crippen LogP contribution in [0.2, 0.25) is 0 Å². The number of para-hydroxylation sites is 1. The van der Waals surface area contributed by atoms with E-state index in [9.17, 15) is 4.79 Å². The molecule has 1 aliphatic heterocycles. The molecule has 2 aromatic carbocycles. The highest BCUT2D eigenvalue weighted by Gasteiger charge is 2.26. The number of aromatic nitrogens is 1. The number of benzene rings is 2. The van der Waals surface area contributed by atoms with Gasteiger partial charge in [0.05, 0.1) is 5.69 Å². The Morgan fingerprint density at radius 3 is 2.32 bits per heavy atom. The van der Waals surface area contributed by atoms with Gasteiger partial charge in [-0.25, -0.2) is 0 Å². The van der Waals surface area contributed by atoms with Crippen LogP contribution in [-0.4, -0.2) is 17.3 Å². The molecule has 0 amide bonds. The summed E-state index contributed by atoms with van der Waals surface area (Å²) in [6.07, 6.45) is 6.76. The lowest BCUT2D eigenvalue weighted by Crippen LogP contribution is -2.41. The number of allylic oxidation sites excluding steroid dienone is 2. The number of nitrogens with one attached hydrogen (secondary N) is 1. The summed E-state index contributed by atoms with van der Waals surface area (Å²) >= 11 is 0. The molecule has 0 fully saturated rings. The number of carbonyl (C=O) groups is 1. The van der Waals surface area contributed by atoms with Gasteiger partial charge in [-0.3, -0.25) is 4.98 Å². The Bertz CT molecular complexity index is 982. The van der Waals surface area contributed by atoms with Crippen molar-refractivity contribution < 1.29 is 4.79 Å². The zero-order valence-corrected chi connectivity index (χ0v) is 15.4. The van der Waals surface area contributed by atoms with Crippen LogP contribution in [0.4, 0.5) is 5.69 Å². The maximum Gasteiger partial charge on any atom is 0.148 e. The predicted octanol–water partition coefficient (Wildman–Crippen LogP) is 4.18. The zero-order valence-electron chi connectivity index (χ0n) is 15.4. The van der Waals surface area contributed by atoms with E-state index in [0.717, 1.165) is 34.5 Å². The van der Waals surface area contributed by atoms with Crippen LogP contribution in [-0.2, 0) is 11.3 Å². The van der Waals surface area contributed by atoms with Crippen LogP contribution < -0.4 is 10.2 Å². The number of carbonyl (C=O) groups excluding carboxylic acids is 1. The van der Waals surface area contributed by atoms with E-state index in [4.69, 9.17) is 0 Å². The van der Waals surface area contributed by atoms with Gasteiger partial charge in [0.15, 0.2) is 0 Å². The number of aldehydes is 1. The minimum Gasteiger partial charge on any atom is -0.382 e. The van der Waals surface area contributed by atoms with Gasteiger partial charge in [-0.05, 0) is 35.9 Å². The molecule has 28 heavy (non-hydrogen) atoms. The van der Waals surface area contributed by atoms with E-state index in [1.54, 1.807) is 6.20 Å². The minimum absolute atomic E-state index is 0.418. The van der Waals surface area contributed by atoms with Crippen molar-refractivity contribution in [3.63, 3.8) is 0 Å². The molecule has 0 aliphatic carbocycles. The van der Waals surface area contributed by atoms with E-state index in [2.05, 4.69) is 22.4 Å². The van der Waals surface area contributed by atoms with Gasteiger partial charge in [0.1, 0.15) is 12.3 Å². The number of nitrogens with zero attached hydrogens (tertiary/aromatic N) is 2. The summed E-state index contributed by atoms with van der Waals surface area (Å²) in [6, 6.07) is 25.5. The molecule has 0 radical (unpaired) electrons. The summed E-state index contributed by atoms with van der Waals surface area (Å²) in [7, 11) is 0. The normalized spacial score (nSPS) is 16.1. The molecule has 1 aromatic heterocycles. The summed E-state index contributed by atoms with van der Waals surface area (Å²) in [5, 5.41) is 3.46. The van der Waals surface area contributed by atoms with E-state index < -0.39 is 6.04 Å². The average Bonchev–Trinajstić information content (AvgIpc) is 2.79. The second-order valence-corrected chi connectivity index (χ2v) is 6.56. The third kappa shape index (κ3) is 3.86. The fourth-order valence-electron chi connectivity index (χ4n) is 3.27. The van der Waals surface area contributed by atoms with Crippen LogP contribution in [0.25, 0.3) is 5.57 Å². The summed E-state index contributed by atoms with van der Waals surface area (Å²) in [6.45, 7) is 0.648. The van der Waals surface area contributed by atoms with Crippen molar-refractivity contribution in [2.75, 3.05) is 4.90 Å². The van der Waals surface area contributed by atoms with Gasteiger partial charge in [-0.15, -0.1) is 0 Å². The Balaban J connectivity index is 1.70. The van der Waals surface area contributed by atoms with Crippen LogP contribution in [0.5, 0.6) is 0 Å². The molecule has 1 atom stereocenters. The SMILES string of the molecule is O=CC1C(NCc2ccccc2)=CC(c2ccccn2)=CN1c1ccccc1. The van der Waals surface area contributed by atoms with E-state index in [1.165, 1.54) is 0 Å². The number of anilines is 1. The topological polar surface area (TPSA) is 45.2 Å². The molecule has 0 spiro atoms. The molecule has 3 aromatic rings. The summed E-state index contributed by atoms with van der Waals surface area (Å²) < 4.78 is 0. The van der Waals surface area contributed by atoms with Crippen LogP contribution in [0.1, 0.15) is 11.3 Å². The molecule has 0 saturated carbocycles. The maximum absolute atomic E-state index is 12.0. The molecule has 4 nitrogen and oxygen atoms in total. The van der Waals surface area contributed by atoms with E-state index in [1.807, 2.05) is 83.9 Å². The smallest absolute Gasteiger partial charge is 0.148 e. The van der Waals surface area contributed by atoms with Crippen molar-refractivity contribution in [1.82, 2.24) is 10.3 Å². The molecule has 2 heterocycles. The van der Waals surface area contributed by atoms with E-state index in [0.29, 0.717) is 6.54 Å². The van der Waals surface area contributed by atoms with Crippen molar-refractivity contribution >= 4 is 17.5 Å². The Morgan fingerprint density at radius 1 is 0.929 bits per heavy atom. The fraction of sp³-hybridized carbons (Fsp3) is 0.0833. The van der Waals surface area contributed by atoms with Gasteiger partial charge in [0.25, 0.3) is 0 Å². The molecule has 0 saturated heterocycles. The Kier molecular flexibility index (Phi) is 5.29. The lowest BCUT2D eigenvalue weighted by molar-refractivity contribution is -0.108. The van der Waals surface area contributed by atoms with Gasteiger partial charge in [-0.1, -0.05) is 54.6 Å². The molecule has 1 N–H and O–H groups in total. The van der Waals surface area contributed by atoms with Gasteiger partial charge in [0.2, 0.25) is 0 Å². The second-order valence-electron chi connectivity index (χ2n) is 6.56. The molecule has 1 aliphatic rings. The molecule has 138 valence electrons. The first-order chi connectivity index (χ1) is 13.8. The van der Waals surface area contributed by atoms with Crippen molar-refractivity contribution in [3.8, 4) is 0 Å². The van der Waals surface area contributed by atoms with Crippen LogP contribution in [0.15, 0.2) is 103 Å². The standard InChI is InChI=1S/C24H21N3O/c28-18-24-23(26-16-19-9-3-1-4-10-19)15-20(22-13-7-8-14-25-22)17-27(24)21-11-5-2-6-12-21/h1-15,17-18,24,26H,16H2. The highest BCUT2D eigenvalue weighted by atomic mass is 16.1. The molecule has 1 unspecified atom stereocenters. The van der Waals surface area contributed by atoms with E-state index >= 15 is 0 Å². The van der Waals surface area contributed by atoms with Crippen molar-refractivity contribution in [3.05, 3.63) is 114 Å². The first-order valence-electron chi connectivity index (χ1n) is 9.26. The Labute approximate surface area is 164 Å². The second kappa shape index (κ2) is 8.35. The van der Waals surface area contributed by atoms with Crippen LogP contribution in [0.3, 0.4) is 0 Å². The highest BCUT2D eigenvalue weighted by Crippen LogP contribution is 2.29. The van der Waals surface area contributed by atoms with Gasteiger partial charge in [0, 0.05) is 35.9 Å². The van der Waals surface area contributed by atoms with Crippen LogP contribution in [0, 0.1) is 0 Å². The van der Waals surface area contributed by atoms with Crippen LogP contribution >= 0.6 is 0 Å². The highest BCUT2D eigenvalue weighted by molar-refractivity contribution is 5.84. The lowest BCUT2D eigenvalue weighted by Gasteiger charge is -2.33. The van der Waals surface area contributed by atoms with Crippen molar-refractivity contribution in [1.29, 1.82) is 0 Å². The lowest BCUT2D eigenvalue weighted by atomic mass is 10.0. The van der Waals surface area contributed by atoms with Gasteiger partial charge < -0.3 is 15.0 Å². The summed E-state index contributed by atoms with van der Waals surface area (Å²) in [5.74, 6) is 0. The first kappa shape index (κ1) is 17.7. The number of hydrogen-bond acceptors (Lipinski definition) is 4. The minimum atomic E-state index is -0.418. The van der Waals surface area contributed by atoms with Crippen molar-refractivity contribution in [2.24, 2.45) is 0 Å². The molecular formula is C24H21N3O. The third-order valence-electron chi connectivity index (χ3n) is 4.69.